The summed E-state index contributed by atoms with van der Waals surface area (Å²) in [6.07, 6.45) is 1.82. The molecule has 2 aliphatic rings. The maximum atomic E-state index is 13.5. The summed E-state index contributed by atoms with van der Waals surface area (Å²) in [7, 11) is 1.25. The monoisotopic (exact) mass is 564 g/mol. The minimum Gasteiger partial charge on any atom is -0.507 e. The van der Waals surface area contributed by atoms with E-state index in [1.54, 1.807) is 49.4 Å². The Bertz CT molecular complexity index is 1510. The Morgan fingerprint density at radius 3 is 2.67 bits per heavy atom. The van der Waals surface area contributed by atoms with Crippen LogP contribution in [0.25, 0.3) is 5.76 Å². The van der Waals surface area contributed by atoms with Crippen molar-refractivity contribution < 1.29 is 38.4 Å². The van der Waals surface area contributed by atoms with E-state index in [1.807, 2.05) is 0 Å². The quantitative estimate of drug-likeness (QED) is 0.135. The van der Waals surface area contributed by atoms with Gasteiger partial charge in [-0.2, -0.15) is 0 Å². The van der Waals surface area contributed by atoms with Crippen LogP contribution in [0.1, 0.15) is 52.3 Å². The topological polar surface area (TPSA) is 124 Å². The van der Waals surface area contributed by atoms with Gasteiger partial charge in [-0.3, -0.25) is 14.5 Å². The molecule has 0 saturated carbocycles. The molecule has 1 fully saturated rings. The molecule has 5 rings (SSSR count). The van der Waals surface area contributed by atoms with Crippen molar-refractivity contribution in [3.63, 3.8) is 0 Å². The number of amides is 1. The molecule has 3 aromatic rings. The Balaban J connectivity index is 1.66. The molecule has 10 nitrogen and oxygen atoms in total. The van der Waals surface area contributed by atoms with Gasteiger partial charge in [0.1, 0.15) is 29.6 Å². The molecule has 208 valence electrons. The first-order valence-corrected chi connectivity index (χ1v) is 13.6. The molecule has 0 unspecified atom stereocenters. The summed E-state index contributed by atoms with van der Waals surface area (Å²) in [6, 6.07) is 10.8. The number of anilines is 1. The zero-order valence-corrected chi connectivity index (χ0v) is 23.1. The second-order valence-electron chi connectivity index (χ2n) is 9.20. The Kier molecular flexibility index (Phi) is 7.74. The fraction of sp³-hybridized carbons (Fsp3) is 0.310. The number of aromatic nitrogens is 1. The average molecular weight is 565 g/mol. The number of nitrogens with zero attached hydrogens (tertiary/aromatic N) is 2. The first-order chi connectivity index (χ1) is 19.3. The molecule has 1 atom stereocenters. The average Bonchev–Trinajstić information content (AvgIpc) is 3.48. The van der Waals surface area contributed by atoms with Crippen LogP contribution in [0.5, 0.6) is 17.2 Å². The summed E-state index contributed by atoms with van der Waals surface area (Å²) in [5.74, 6) is -1.25. The number of aryl methyl sites for hydroxylation is 1. The lowest BCUT2D eigenvalue weighted by Gasteiger charge is -2.24. The van der Waals surface area contributed by atoms with E-state index in [9.17, 15) is 19.5 Å². The standard InChI is InChI=1S/C29H28N2O8S/c1-4-5-11-37-19-8-6-7-17(14-19)23-22(24(32)18-9-10-20-21(15-18)39-13-12-38-20)25(33)27(34)31(23)29-30-16(2)26(40-29)28(35)36-3/h6-10,14-15,23,32H,4-5,11-13H2,1-3H3/t23-/m0/s1. The predicted molar refractivity (Wildman–Crippen MR) is 147 cm³/mol. The second-order valence-corrected chi connectivity index (χ2v) is 10.2. The third-order valence-corrected chi connectivity index (χ3v) is 7.70. The number of aliphatic hydroxyl groups excluding tert-OH is 1. The smallest absolute Gasteiger partial charge is 0.350 e. The molecule has 1 amide bonds. The third-order valence-electron chi connectivity index (χ3n) is 6.56. The molecule has 40 heavy (non-hydrogen) atoms. The SMILES string of the molecule is CCCCOc1cccc([C@H]2C(=C(O)c3ccc4c(c3)OCCO4)C(=O)C(=O)N2c2nc(C)c(C(=O)OC)s2)c1. The van der Waals surface area contributed by atoms with Crippen molar-refractivity contribution in [2.24, 2.45) is 0 Å². The van der Waals surface area contributed by atoms with Crippen LogP contribution < -0.4 is 19.1 Å². The third kappa shape index (κ3) is 5.00. The summed E-state index contributed by atoms with van der Waals surface area (Å²) in [4.78, 5) is 45.2. The Morgan fingerprint density at radius 2 is 1.93 bits per heavy atom. The van der Waals surface area contributed by atoms with Gasteiger partial charge >= 0.3 is 11.9 Å². The lowest BCUT2D eigenvalue weighted by Crippen LogP contribution is -2.29. The maximum absolute atomic E-state index is 13.5. The van der Waals surface area contributed by atoms with Crippen molar-refractivity contribution in [2.75, 3.05) is 31.8 Å². The molecule has 2 aromatic carbocycles. The van der Waals surface area contributed by atoms with Crippen LogP contribution in [0.2, 0.25) is 0 Å². The van der Waals surface area contributed by atoms with E-state index < -0.39 is 23.7 Å². The van der Waals surface area contributed by atoms with Crippen LogP contribution in [0.15, 0.2) is 48.0 Å². The minimum atomic E-state index is -1.04. The number of hydrogen-bond donors (Lipinski definition) is 1. The zero-order valence-electron chi connectivity index (χ0n) is 22.3. The van der Waals surface area contributed by atoms with Crippen LogP contribution in [-0.4, -0.2) is 54.7 Å². The van der Waals surface area contributed by atoms with Gasteiger partial charge in [-0.05, 0) is 49.2 Å². The number of ketones is 1. The molecule has 0 spiro atoms. The first kappa shape index (κ1) is 27.2. The number of benzene rings is 2. The Hall–Kier alpha value is -4.38. The van der Waals surface area contributed by atoms with Crippen LogP contribution in [0.3, 0.4) is 0 Å². The molecule has 1 N–H and O–H groups in total. The number of aliphatic hydroxyl groups is 1. The van der Waals surface area contributed by atoms with E-state index in [2.05, 4.69) is 11.9 Å². The number of hydrogen-bond acceptors (Lipinski definition) is 10. The van der Waals surface area contributed by atoms with Crippen LogP contribution in [-0.2, 0) is 14.3 Å². The Morgan fingerprint density at radius 1 is 1.15 bits per heavy atom. The van der Waals surface area contributed by atoms with Gasteiger partial charge in [0.2, 0.25) is 0 Å². The number of thiazole rings is 1. The number of ether oxygens (including phenoxy) is 4. The van der Waals surface area contributed by atoms with Crippen molar-refractivity contribution in [1.82, 2.24) is 4.98 Å². The number of unbranched alkanes of at least 4 members (excludes halogenated alkanes) is 1. The number of carbonyl (C=O) groups excluding carboxylic acids is 3. The van der Waals surface area contributed by atoms with Crippen molar-refractivity contribution in [1.29, 1.82) is 0 Å². The van der Waals surface area contributed by atoms with Gasteiger partial charge < -0.3 is 24.1 Å². The van der Waals surface area contributed by atoms with E-state index in [1.165, 1.54) is 12.0 Å². The number of methoxy groups -OCH3 is 1. The van der Waals surface area contributed by atoms with E-state index in [4.69, 9.17) is 18.9 Å². The number of rotatable bonds is 8. The highest BCUT2D eigenvalue weighted by Crippen LogP contribution is 2.45. The lowest BCUT2D eigenvalue weighted by atomic mass is 9.95. The Labute approximate surface area is 234 Å². The zero-order chi connectivity index (χ0) is 28.4. The minimum absolute atomic E-state index is 0.125. The summed E-state index contributed by atoms with van der Waals surface area (Å²) in [5.41, 5.74) is 1.05. The van der Waals surface area contributed by atoms with Crippen LogP contribution in [0.4, 0.5) is 5.13 Å². The first-order valence-electron chi connectivity index (χ1n) is 12.8. The van der Waals surface area contributed by atoms with Crippen LogP contribution in [0, 0.1) is 6.92 Å². The van der Waals surface area contributed by atoms with Crippen molar-refractivity contribution in [3.8, 4) is 17.2 Å². The van der Waals surface area contributed by atoms with Gasteiger partial charge in [0.25, 0.3) is 5.78 Å². The number of fused-ring (bicyclic) bond motifs is 1. The summed E-state index contributed by atoms with van der Waals surface area (Å²) < 4.78 is 22.0. The molecular weight excluding hydrogens is 536 g/mol. The molecule has 0 radical (unpaired) electrons. The summed E-state index contributed by atoms with van der Waals surface area (Å²) in [5, 5.41) is 11.6. The van der Waals surface area contributed by atoms with E-state index in [0.29, 0.717) is 48.3 Å². The molecule has 0 aliphatic carbocycles. The van der Waals surface area contributed by atoms with Gasteiger partial charge in [0.05, 0.1) is 31.0 Å². The highest BCUT2D eigenvalue weighted by molar-refractivity contribution is 7.17. The van der Waals surface area contributed by atoms with Gasteiger partial charge in [-0.1, -0.05) is 36.8 Å². The lowest BCUT2D eigenvalue weighted by molar-refractivity contribution is -0.132. The molecule has 0 bridgehead atoms. The number of Topliss-reactive ketones (excluding diaryl/α,β-unsaturated/α-hetero) is 1. The summed E-state index contributed by atoms with van der Waals surface area (Å²) >= 11 is 0.938. The molecule has 1 saturated heterocycles. The van der Waals surface area contributed by atoms with E-state index >= 15 is 0 Å². The molecule has 11 heteroatoms. The molecular formula is C29H28N2O8S. The molecule has 1 aromatic heterocycles. The van der Waals surface area contributed by atoms with E-state index in [0.717, 1.165) is 24.2 Å². The van der Waals surface area contributed by atoms with Gasteiger partial charge in [-0.25, -0.2) is 9.78 Å². The van der Waals surface area contributed by atoms with Gasteiger partial charge in [0, 0.05) is 5.56 Å². The largest absolute Gasteiger partial charge is 0.507 e. The highest BCUT2D eigenvalue weighted by atomic mass is 32.1. The summed E-state index contributed by atoms with van der Waals surface area (Å²) in [6.45, 7) is 4.93. The normalized spacial score (nSPS) is 17.7. The van der Waals surface area contributed by atoms with Crippen LogP contribution >= 0.6 is 11.3 Å². The van der Waals surface area contributed by atoms with Crippen molar-refractivity contribution in [2.45, 2.75) is 32.7 Å². The molecule has 3 heterocycles. The van der Waals surface area contributed by atoms with Gasteiger partial charge in [-0.15, -0.1) is 0 Å². The van der Waals surface area contributed by atoms with Crippen molar-refractivity contribution in [3.05, 3.63) is 69.7 Å². The number of carbonyl (C=O) groups is 3. The maximum Gasteiger partial charge on any atom is 0.350 e. The van der Waals surface area contributed by atoms with Gasteiger partial charge in [0.15, 0.2) is 16.6 Å². The highest BCUT2D eigenvalue weighted by Gasteiger charge is 2.48. The fourth-order valence-corrected chi connectivity index (χ4v) is 5.58. The molecule has 2 aliphatic heterocycles. The second kappa shape index (κ2) is 11.4. The van der Waals surface area contributed by atoms with Crippen molar-refractivity contribution >= 4 is 39.9 Å². The fourth-order valence-electron chi connectivity index (χ4n) is 4.57. The van der Waals surface area contributed by atoms with E-state index in [-0.39, 0.29) is 26.9 Å². The number of esters is 1. The predicted octanol–water partition coefficient (Wildman–Crippen LogP) is 4.81.